The van der Waals surface area contributed by atoms with Gasteiger partial charge < -0.3 is 16.0 Å². The van der Waals surface area contributed by atoms with Crippen molar-refractivity contribution in [3.63, 3.8) is 0 Å². The van der Waals surface area contributed by atoms with Gasteiger partial charge in [0.05, 0.1) is 0 Å². The van der Waals surface area contributed by atoms with Gasteiger partial charge in [-0.1, -0.05) is 41.5 Å². The van der Waals surface area contributed by atoms with E-state index < -0.39 is 0 Å². The Labute approximate surface area is 108 Å². The summed E-state index contributed by atoms with van der Waals surface area (Å²) in [7, 11) is 0. The van der Waals surface area contributed by atoms with Gasteiger partial charge in [-0.15, -0.1) is 0 Å². The van der Waals surface area contributed by atoms with E-state index in [-0.39, 0.29) is 11.0 Å². The Hall–Kier alpha value is 0.0969. The van der Waals surface area contributed by atoms with Gasteiger partial charge in [0.2, 0.25) is 0 Å². The van der Waals surface area contributed by atoms with Crippen LogP contribution in [0.5, 0.6) is 0 Å². The zero-order valence-electron chi connectivity index (χ0n) is 11.7. The van der Waals surface area contributed by atoms with E-state index in [4.69, 9.17) is 0 Å². The van der Waals surface area contributed by atoms with E-state index in [0.29, 0.717) is 0 Å². The van der Waals surface area contributed by atoms with Crippen LogP contribution in [0.4, 0.5) is 0 Å². The monoisotopic (exact) mass is 251 g/mol. The Morgan fingerprint density at radius 1 is 0.438 bits per heavy atom. The maximum absolute atomic E-state index is 3.11. The molecular weight excluding hydrogens is 214 g/mol. The first-order chi connectivity index (χ1) is 7.24. The van der Waals surface area contributed by atoms with Crippen molar-refractivity contribution >= 4 is 11.0 Å². The summed E-state index contributed by atoms with van der Waals surface area (Å²) in [6.45, 7) is 19.2. The van der Waals surface area contributed by atoms with Gasteiger partial charge in [-0.3, -0.25) is 0 Å². The van der Waals surface area contributed by atoms with Gasteiger partial charge in [0, 0.05) is 0 Å². The quantitative estimate of drug-likeness (QED) is 0.598. The SMILES string of the molecule is CCNCC.CCNCC.CCNCC.[SiH4]. The molecule has 0 spiro atoms. The van der Waals surface area contributed by atoms with Gasteiger partial charge >= 0.3 is 0 Å². The molecule has 0 bridgehead atoms. The van der Waals surface area contributed by atoms with Crippen LogP contribution in [0, 0.1) is 0 Å². The van der Waals surface area contributed by atoms with Gasteiger partial charge in [-0.2, -0.15) is 0 Å². The van der Waals surface area contributed by atoms with Crippen LogP contribution < -0.4 is 16.0 Å². The van der Waals surface area contributed by atoms with E-state index in [9.17, 15) is 0 Å². The third kappa shape index (κ3) is 65.0. The minimum atomic E-state index is 0. The average Bonchev–Trinajstić information content (AvgIpc) is 2.23. The molecule has 0 aromatic carbocycles. The fraction of sp³-hybridized carbons (Fsp3) is 1.00. The van der Waals surface area contributed by atoms with E-state index >= 15 is 0 Å². The predicted molar refractivity (Wildman–Crippen MR) is 84.0 cm³/mol. The first-order valence-electron chi connectivity index (χ1n) is 6.36. The summed E-state index contributed by atoms with van der Waals surface area (Å²) in [5, 5.41) is 9.33. The second-order valence-corrected chi connectivity index (χ2v) is 2.87. The lowest BCUT2D eigenvalue weighted by Crippen LogP contribution is -2.09. The lowest BCUT2D eigenvalue weighted by molar-refractivity contribution is 0.762. The predicted octanol–water partition coefficient (Wildman–Crippen LogP) is 0.396. The van der Waals surface area contributed by atoms with Crippen molar-refractivity contribution in [3.05, 3.63) is 0 Å². The van der Waals surface area contributed by atoms with E-state index in [1.807, 2.05) is 0 Å². The second-order valence-electron chi connectivity index (χ2n) is 2.87. The number of nitrogens with one attached hydrogen (secondary N) is 3. The average molecular weight is 252 g/mol. The number of hydrogen-bond donors (Lipinski definition) is 3. The standard InChI is InChI=1S/3C4H11N.H4Si/c3*1-3-5-4-2;/h3*5H,3-4H2,1-2H3;1H4. The van der Waals surface area contributed by atoms with Crippen molar-refractivity contribution in [2.75, 3.05) is 39.3 Å². The van der Waals surface area contributed by atoms with Crippen molar-refractivity contribution in [2.45, 2.75) is 41.5 Å². The molecule has 0 unspecified atom stereocenters. The highest BCUT2D eigenvalue weighted by atomic mass is 28.1. The molecule has 0 aromatic rings. The molecule has 0 saturated carbocycles. The summed E-state index contributed by atoms with van der Waals surface area (Å²) >= 11 is 0. The first kappa shape index (κ1) is 25.1. The normalized spacial score (nSPS) is 7.88. The van der Waals surface area contributed by atoms with Gasteiger partial charge in [0.1, 0.15) is 0 Å². The van der Waals surface area contributed by atoms with Crippen LogP contribution in [0.15, 0.2) is 0 Å². The van der Waals surface area contributed by atoms with Gasteiger partial charge in [-0.05, 0) is 50.2 Å². The smallest absolute Gasteiger partial charge is 0.00775 e. The highest BCUT2D eigenvalue weighted by Crippen LogP contribution is 1.48. The molecule has 0 aliphatic carbocycles. The van der Waals surface area contributed by atoms with Crippen molar-refractivity contribution in [1.82, 2.24) is 16.0 Å². The van der Waals surface area contributed by atoms with Crippen LogP contribution in [0.1, 0.15) is 41.5 Å². The van der Waals surface area contributed by atoms with Gasteiger partial charge in [0.25, 0.3) is 0 Å². The zero-order valence-corrected chi connectivity index (χ0v) is 11.7. The fourth-order valence-electron chi connectivity index (χ4n) is 0.750. The Kier molecular flexibility index (Phi) is 56.8. The molecule has 0 atom stereocenters. The molecule has 0 heterocycles. The van der Waals surface area contributed by atoms with Crippen LogP contribution in [0.3, 0.4) is 0 Å². The molecule has 16 heavy (non-hydrogen) atoms. The van der Waals surface area contributed by atoms with Crippen LogP contribution in [0.2, 0.25) is 0 Å². The summed E-state index contributed by atoms with van der Waals surface area (Å²) in [5.74, 6) is 0. The molecule has 104 valence electrons. The minimum Gasteiger partial charge on any atom is -0.317 e. The topological polar surface area (TPSA) is 36.1 Å². The maximum Gasteiger partial charge on any atom is -0.00775 e. The molecule has 0 aliphatic rings. The second kappa shape index (κ2) is 36.3. The lowest BCUT2D eigenvalue weighted by atomic mass is 10.7. The lowest BCUT2D eigenvalue weighted by Gasteiger charge is -1.86. The van der Waals surface area contributed by atoms with Crippen molar-refractivity contribution in [2.24, 2.45) is 0 Å². The molecule has 0 aliphatic heterocycles. The molecule has 4 heteroatoms. The molecule has 0 aromatic heterocycles. The fourth-order valence-corrected chi connectivity index (χ4v) is 0.750. The molecule has 0 rings (SSSR count). The summed E-state index contributed by atoms with van der Waals surface area (Å²) in [4.78, 5) is 0. The minimum absolute atomic E-state index is 0. The Morgan fingerprint density at radius 2 is 0.562 bits per heavy atom. The molecule has 0 fully saturated rings. The van der Waals surface area contributed by atoms with Crippen molar-refractivity contribution < 1.29 is 0 Å². The third-order valence-corrected chi connectivity index (χ3v) is 1.50. The van der Waals surface area contributed by atoms with Crippen LogP contribution in [-0.2, 0) is 0 Å². The highest BCUT2D eigenvalue weighted by molar-refractivity contribution is 5.75. The molecule has 3 nitrogen and oxygen atoms in total. The summed E-state index contributed by atoms with van der Waals surface area (Å²) in [5.41, 5.74) is 0. The van der Waals surface area contributed by atoms with E-state index in [0.717, 1.165) is 39.3 Å². The first-order valence-corrected chi connectivity index (χ1v) is 6.36. The number of rotatable bonds is 6. The van der Waals surface area contributed by atoms with Crippen LogP contribution in [0.25, 0.3) is 0 Å². The van der Waals surface area contributed by atoms with Gasteiger partial charge in [-0.25, -0.2) is 0 Å². The van der Waals surface area contributed by atoms with Crippen LogP contribution >= 0.6 is 0 Å². The summed E-state index contributed by atoms with van der Waals surface area (Å²) in [6.07, 6.45) is 0. The molecule has 0 saturated heterocycles. The maximum atomic E-state index is 3.11. The Bertz CT molecular complexity index is 53.0. The zero-order chi connectivity index (χ0) is 12.4. The number of hydrogen-bond acceptors (Lipinski definition) is 3. The highest BCUT2D eigenvalue weighted by Gasteiger charge is 1.63. The molecule has 0 radical (unpaired) electrons. The summed E-state index contributed by atoms with van der Waals surface area (Å²) < 4.78 is 0. The Balaban J connectivity index is -0.0000000655. The van der Waals surface area contributed by atoms with Crippen LogP contribution in [-0.4, -0.2) is 50.2 Å². The van der Waals surface area contributed by atoms with Crippen molar-refractivity contribution in [1.29, 1.82) is 0 Å². The van der Waals surface area contributed by atoms with E-state index in [2.05, 4.69) is 57.5 Å². The van der Waals surface area contributed by atoms with Crippen molar-refractivity contribution in [3.8, 4) is 0 Å². The summed E-state index contributed by atoms with van der Waals surface area (Å²) in [6, 6.07) is 0. The van der Waals surface area contributed by atoms with Gasteiger partial charge in [0.15, 0.2) is 0 Å². The van der Waals surface area contributed by atoms with E-state index in [1.165, 1.54) is 0 Å². The van der Waals surface area contributed by atoms with E-state index in [1.54, 1.807) is 0 Å². The largest absolute Gasteiger partial charge is 0.317 e. The third-order valence-electron chi connectivity index (χ3n) is 1.50. The molecule has 0 amide bonds. The molecule has 3 N–H and O–H groups in total. The molecular formula is C12H37N3Si. The Morgan fingerprint density at radius 3 is 0.562 bits per heavy atom.